The second-order valence-corrected chi connectivity index (χ2v) is 10.4. The van der Waals surface area contributed by atoms with Gasteiger partial charge >= 0.3 is 6.18 Å². The van der Waals surface area contributed by atoms with E-state index in [2.05, 4.69) is 4.72 Å². The molecule has 0 aliphatic carbocycles. The minimum atomic E-state index is -4.69. The number of alkyl halides is 3. The molecule has 1 aliphatic heterocycles. The van der Waals surface area contributed by atoms with Crippen LogP contribution in [0.25, 0.3) is 0 Å². The first-order valence-corrected chi connectivity index (χ1v) is 13.2. The van der Waals surface area contributed by atoms with Gasteiger partial charge in [-0.3, -0.25) is 4.79 Å². The molecular weight excluding hydrogens is 493 g/mol. The van der Waals surface area contributed by atoms with E-state index in [0.717, 1.165) is 23.8 Å². The number of nitrogens with zero attached hydrogens (tertiary/aromatic N) is 1. The number of carbonyl (C=O) groups excluding carboxylic acids is 1. The van der Waals surface area contributed by atoms with Crippen LogP contribution in [0.1, 0.15) is 17.5 Å². The maximum atomic E-state index is 13.1. The predicted octanol–water partition coefficient (Wildman–Crippen LogP) is 3.54. The molecule has 12 heteroatoms. The molecule has 0 radical (unpaired) electrons. The zero-order valence-corrected chi connectivity index (χ0v) is 20.2. The van der Waals surface area contributed by atoms with Gasteiger partial charge in [-0.15, -0.1) is 0 Å². The summed E-state index contributed by atoms with van der Waals surface area (Å²) in [7, 11) is -2.85. The van der Waals surface area contributed by atoms with Crippen LogP contribution < -0.4 is 14.2 Å². The normalized spacial score (nSPS) is 14.5. The number of rotatable bonds is 9. The van der Waals surface area contributed by atoms with Crippen molar-refractivity contribution < 1.29 is 35.9 Å². The molecule has 0 aromatic heterocycles. The van der Waals surface area contributed by atoms with E-state index < -0.39 is 38.6 Å². The van der Waals surface area contributed by atoms with Crippen molar-refractivity contribution in [2.75, 3.05) is 32.3 Å². The quantitative estimate of drug-likeness (QED) is 0.547. The number of fused-ring (bicyclic) bond motifs is 1. The average Bonchev–Trinajstić information content (AvgIpc) is 2.80. The van der Waals surface area contributed by atoms with Gasteiger partial charge in [0.05, 0.1) is 10.5 Å². The van der Waals surface area contributed by atoms with E-state index in [0.29, 0.717) is 36.5 Å². The molecule has 0 spiro atoms. The summed E-state index contributed by atoms with van der Waals surface area (Å²) >= 11 is 1.42. The Kier molecular flexibility index (Phi) is 8.37. The maximum absolute atomic E-state index is 13.1. The molecule has 34 heavy (non-hydrogen) atoms. The first-order valence-electron chi connectivity index (χ1n) is 10.3. The topological polar surface area (TPSA) is 84.9 Å². The molecule has 0 saturated heterocycles. The second-order valence-electron chi connectivity index (χ2n) is 7.65. The first kappa shape index (κ1) is 26.2. The summed E-state index contributed by atoms with van der Waals surface area (Å²) in [6.07, 6.45) is -2.71. The highest BCUT2D eigenvalue weighted by atomic mass is 32.2. The lowest BCUT2D eigenvalue weighted by atomic mass is 10.1. The molecule has 2 aromatic rings. The van der Waals surface area contributed by atoms with E-state index in [9.17, 15) is 26.4 Å². The van der Waals surface area contributed by atoms with Crippen molar-refractivity contribution in [2.24, 2.45) is 0 Å². The third-order valence-corrected chi connectivity index (χ3v) is 7.19. The average molecular weight is 519 g/mol. The molecule has 0 saturated carbocycles. The van der Waals surface area contributed by atoms with Crippen LogP contribution in [0.4, 0.5) is 13.2 Å². The standard InChI is InChI=1S/C22H25F3N2O5S2/c1-27(14-15-6-7-19-20(12-15)32-10-9-31-19)21(28)18(8-11-33-2)26-34(29,30)17-5-3-4-16(13-17)22(23,24)25/h3-7,12-13,18,26H,8-11,14H2,1-2H3/t18-/m1/s1. The smallest absolute Gasteiger partial charge is 0.416 e. The van der Waals surface area contributed by atoms with Crippen LogP contribution in [-0.2, 0) is 27.5 Å². The fourth-order valence-corrected chi connectivity index (χ4v) is 5.11. The molecule has 1 heterocycles. The number of benzene rings is 2. The Balaban J connectivity index is 1.77. The van der Waals surface area contributed by atoms with E-state index in [1.807, 2.05) is 6.26 Å². The van der Waals surface area contributed by atoms with Crippen molar-refractivity contribution in [3.63, 3.8) is 0 Å². The van der Waals surface area contributed by atoms with Crippen LogP contribution in [0, 0.1) is 0 Å². The van der Waals surface area contributed by atoms with E-state index in [-0.39, 0.29) is 13.0 Å². The Labute approximate surface area is 200 Å². The maximum Gasteiger partial charge on any atom is 0.416 e. The second kappa shape index (κ2) is 10.9. The molecule has 186 valence electrons. The van der Waals surface area contributed by atoms with Crippen LogP contribution in [0.3, 0.4) is 0 Å². The molecule has 1 amide bonds. The van der Waals surface area contributed by atoms with Gasteiger partial charge in [0.2, 0.25) is 15.9 Å². The minimum absolute atomic E-state index is 0.170. The Morgan fingerprint density at radius 1 is 1.15 bits per heavy atom. The van der Waals surface area contributed by atoms with Gasteiger partial charge in [-0.1, -0.05) is 12.1 Å². The lowest BCUT2D eigenvalue weighted by molar-refractivity contribution is -0.137. The van der Waals surface area contributed by atoms with Crippen molar-refractivity contribution >= 4 is 27.7 Å². The fraction of sp³-hybridized carbons (Fsp3) is 0.409. The Morgan fingerprint density at radius 2 is 1.85 bits per heavy atom. The molecule has 0 bridgehead atoms. The molecule has 7 nitrogen and oxygen atoms in total. The summed E-state index contributed by atoms with van der Waals surface area (Å²) in [5, 5.41) is 0. The zero-order valence-electron chi connectivity index (χ0n) is 18.6. The molecule has 1 aliphatic rings. The van der Waals surface area contributed by atoms with Gasteiger partial charge in [0, 0.05) is 13.6 Å². The lowest BCUT2D eigenvalue weighted by Crippen LogP contribution is -2.47. The molecule has 1 atom stereocenters. The number of likely N-dealkylation sites (N-methyl/N-ethyl adjacent to an activating group) is 1. The molecule has 1 N–H and O–H groups in total. The highest BCUT2D eigenvalue weighted by Crippen LogP contribution is 2.32. The molecule has 0 unspecified atom stereocenters. The minimum Gasteiger partial charge on any atom is -0.486 e. The highest BCUT2D eigenvalue weighted by Gasteiger charge is 2.33. The van der Waals surface area contributed by atoms with E-state index in [4.69, 9.17) is 9.47 Å². The summed E-state index contributed by atoms with van der Waals surface area (Å²) in [5.41, 5.74) is -0.331. The molecular formula is C22H25F3N2O5S2. The zero-order chi connectivity index (χ0) is 24.9. The number of halogens is 3. The predicted molar refractivity (Wildman–Crippen MR) is 122 cm³/mol. The van der Waals surface area contributed by atoms with E-state index >= 15 is 0 Å². The summed E-state index contributed by atoms with van der Waals surface area (Å²) in [6.45, 7) is 1.05. The lowest BCUT2D eigenvalue weighted by Gasteiger charge is -2.25. The van der Waals surface area contributed by atoms with Crippen LogP contribution in [0.15, 0.2) is 47.4 Å². The summed E-state index contributed by atoms with van der Waals surface area (Å²) in [5.74, 6) is 1.14. The van der Waals surface area contributed by atoms with Gasteiger partial charge in [0.15, 0.2) is 11.5 Å². The third-order valence-electron chi connectivity index (χ3n) is 5.08. The molecule has 2 aromatic carbocycles. The third kappa shape index (κ3) is 6.57. The van der Waals surface area contributed by atoms with Crippen LogP contribution in [0.5, 0.6) is 11.5 Å². The van der Waals surface area contributed by atoms with E-state index in [1.165, 1.54) is 23.7 Å². The van der Waals surface area contributed by atoms with Crippen LogP contribution in [0.2, 0.25) is 0 Å². The van der Waals surface area contributed by atoms with Crippen molar-refractivity contribution in [3.05, 3.63) is 53.6 Å². The van der Waals surface area contributed by atoms with Crippen molar-refractivity contribution in [1.29, 1.82) is 0 Å². The number of thioether (sulfide) groups is 1. The number of carbonyl (C=O) groups is 1. The highest BCUT2D eigenvalue weighted by molar-refractivity contribution is 7.98. The molecule has 0 fully saturated rings. The largest absolute Gasteiger partial charge is 0.486 e. The van der Waals surface area contributed by atoms with Gasteiger partial charge in [-0.2, -0.15) is 29.7 Å². The fourth-order valence-electron chi connectivity index (χ4n) is 3.37. The van der Waals surface area contributed by atoms with Gasteiger partial charge in [-0.25, -0.2) is 8.42 Å². The summed E-state index contributed by atoms with van der Waals surface area (Å²) in [6, 6.07) is 7.55. The molecule has 3 rings (SSSR count). The van der Waals surface area contributed by atoms with E-state index in [1.54, 1.807) is 18.2 Å². The number of hydrogen-bond donors (Lipinski definition) is 1. The Hall–Kier alpha value is -2.44. The number of amides is 1. The van der Waals surface area contributed by atoms with Gasteiger partial charge in [0.1, 0.15) is 19.3 Å². The van der Waals surface area contributed by atoms with Crippen LogP contribution >= 0.6 is 11.8 Å². The first-order chi connectivity index (χ1) is 16.0. The Morgan fingerprint density at radius 3 is 2.53 bits per heavy atom. The number of ether oxygens (including phenoxy) is 2. The van der Waals surface area contributed by atoms with Gasteiger partial charge in [-0.05, 0) is 54.3 Å². The Bertz CT molecular complexity index is 1130. The van der Waals surface area contributed by atoms with Gasteiger partial charge in [0.25, 0.3) is 0 Å². The SMILES string of the molecule is CSCC[C@@H](NS(=O)(=O)c1cccc(C(F)(F)F)c1)C(=O)N(C)Cc1ccc2c(c1)OCCO2. The number of sulfonamides is 1. The summed E-state index contributed by atoms with van der Waals surface area (Å²) in [4.78, 5) is 13.9. The van der Waals surface area contributed by atoms with Gasteiger partial charge < -0.3 is 14.4 Å². The number of nitrogens with one attached hydrogen (secondary N) is 1. The van der Waals surface area contributed by atoms with Crippen LogP contribution in [-0.4, -0.2) is 57.5 Å². The van der Waals surface area contributed by atoms with Crippen molar-refractivity contribution in [1.82, 2.24) is 9.62 Å². The number of hydrogen-bond acceptors (Lipinski definition) is 6. The van der Waals surface area contributed by atoms with Crippen molar-refractivity contribution in [3.8, 4) is 11.5 Å². The monoisotopic (exact) mass is 518 g/mol. The summed E-state index contributed by atoms with van der Waals surface area (Å²) < 4.78 is 78.1. The van der Waals surface area contributed by atoms with Crippen molar-refractivity contribution in [2.45, 2.75) is 30.1 Å².